The average molecular weight is 646 g/mol. The van der Waals surface area contributed by atoms with Crippen molar-refractivity contribution in [3.8, 4) is 0 Å². The van der Waals surface area contributed by atoms with Crippen molar-refractivity contribution < 1.29 is 37.0 Å². The molecule has 2 aliphatic carbocycles. The Morgan fingerprint density at radius 1 is 1.13 bits per heavy atom. The second-order valence-corrected chi connectivity index (χ2v) is 12.6. The maximum absolute atomic E-state index is 13.9. The van der Waals surface area contributed by atoms with Gasteiger partial charge in [-0.25, -0.2) is 9.50 Å². The third-order valence-electron chi connectivity index (χ3n) is 9.71. The number of amides is 2. The van der Waals surface area contributed by atoms with E-state index >= 15 is 0 Å². The van der Waals surface area contributed by atoms with Crippen LogP contribution in [0.4, 0.5) is 13.2 Å². The van der Waals surface area contributed by atoms with Crippen molar-refractivity contribution in [2.24, 2.45) is 29.1 Å². The number of carbonyl (C=O) groups is 3. The highest BCUT2D eigenvalue weighted by Crippen LogP contribution is 2.54. The first kappa shape index (κ1) is 32.0. The topological polar surface area (TPSA) is 142 Å². The van der Waals surface area contributed by atoms with Gasteiger partial charge in [-0.1, -0.05) is 0 Å². The lowest BCUT2D eigenvalue weighted by Crippen LogP contribution is -2.60. The number of nitrogens with one attached hydrogen (secondary N) is 2. The Labute approximate surface area is 263 Å². The van der Waals surface area contributed by atoms with Crippen molar-refractivity contribution in [2.75, 3.05) is 27.4 Å². The number of esters is 1. The molecule has 0 bridgehead atoms. The summed E-state index contributed by atoms with van der Waals surface area (Å²) in [5.41, 5.74) is -0.598. The molecular formula is C31H38F3N7O5. The highest BCUT2D eigenvalue weighted by atomic mass is 19.4. The third kappa shape index (κ3) is 5.84. The molecule has 3 aromatic heterocycles. The molecule has 4 atom stereocenters. The van der Waals surface area contributed by atoms with Crippen molar-refractivity contribution in [2.45, 2.75) is 63.7 Å². The van der Waals surface area contributed by atoms with Gasteiger partial charge in [0.25, 0.3) is 5.91 Å². The molecule has 15 heteroatoms. The molecule has 6 rings (SSSR count). The summed E-state index contributed by atoms with van der Waals surface area (Å²) >= 11 is 0. The molecule has 2 unspecified atom stereocenters. The van der Waals surface area contributed by atoms with Crippen LogP contribution >= 0.6 is 0 Å². The Morgan fingerprint density at radius 3 is 2.46 bits per heavy atom. The minimum atomic E-state index is -4.66. The van der Waals surface area contributed by atoms with Crippen molar-refractivity contribution >= 4 is 23.4 Å². The molecule has 1 aliphatic heterocycles. The Morgan fingerprint density at radius 2 is 1.85 bits per heavy atom. The van der Waals surface area contributed by atoms with Crippen LogP contribution in [-0.2, 0) is 25.6 Å². The Hall–Kier alpha value is -4.01. The Bertz CT molecular complexity index is 1590. The number of carbonyl (C=O) groups excluding carboxylic acids is 3. The van der Waals surface area contributed by atoms with Gasteiger partial charge in [0, 0.05) is 26.4 Å². The number of fused-ring (bicyclic) bond motifs is 1. The van der Waals surface area contributed by atoms with Crippen LogP contribution in [0, 0.1) is 29.1 Å². The van der Waals surface area contributed by atoms with E-state index in [1.807, 2.05) is 6.92 Å². The van der Waals surface area contributed by atoms with Crippen LogP contribution in [0.1, 0.15) is 72.9 Å². The smallest absolute Gasteiger partial charge is 0.393 e. The van der Waals surface area contributed by atoms with Gasteiger partial charge in [-0.3, -0.25) is 19.1 Å². The third-order valence-corrected chi connectivity index (χ3v) is 9.71. The number of methoxy groups -OCH3 is 2. The van der Waals surface area contributed by atoms with Crippen molar-refractivity contribution in [3.63, 3.8) is 0 Å². The summed E-state index contributed by atoms with van der Waals surface area (Å²) in [4.78, 5) is 45.0. The standard InChI is InChI=1S/C31H38F3N7O5/c1-4-40-23(11-12-36-40)27(42)38-26(25(17-5-6-17)18-7-8-18)22-15-41-24(37-22)10-9-21(39-41)20(16-45-2)30(29(44)46-3)13-19(31(32,33)34)14-35-28(30)43/h9-12,15,17-20,25-26H,4-8,13-14,16H2,1-3H3,(H,35,43)(H,38,42)/t19-,20?,26-,30?/m1/s1. The van der Waals surface area contributed by atoms with Crippen LogP contribution < -0.4 is 10.6 Å². The van der Waals surface area contributed by atoms with Crippen LogP contribution in [0.25, 0.3) is 5.65 Å². The summed E-state index contributed by atoms with van der Waals surface area (Å²) in [6.45, 7) is 1.52. The minimum Gasteiger partial charge on any atom is -0.468 e. The van der Waals surface area contributed by atoms with Crippen LogP contribution in [0.5, 0.6) is 0 Å². The fourth-order valence-corrected chi connectivity index (χ4v) is 7.11. The molecule has 2 N–H and O–H groups in total. The van der Waals surface area contributed by atoms with E-state index in [4.69, 9.17) is 14.5 Å². The van der Waals surface area contributed by atoms with Crippen LogP contribution in [-0.4, -0.2) is 75.7 Å². The molecule has 0 radical (unpaired) electrons. The number of rotatable bonds is 12. The second kappa shape index (κ2) is 12.3. The Kier molecular flexibility index (Phi) is 8.55. The molecule has 2 saturated carbocycles. The maximum atomic E-state index is 13.9. The van der Waals surface area contributed by atoms with E-state index in [0.717, 1.165) is 32.8 Å². The molecule has 248 valence electrons. The number of imidazole rings is 1. The number of nitrogens with zero attached hydrogens (tertiary/aromatic N) is 5. The molecule has 4 heterocycles. The SMILES string of the molecule is CCn1nccc1C(=O)N[C@H](c1cn2nc(C(COC)C3(C(=O)OC)C[C@@H](C(F)(F)F)CNC3=O)ccc2n1)C(C1CC1)C1CC1. The van der Waals surface area contributed by atoms with E-state index < -0.39 is 54.3 Å². The molecule has 3 aromatic rings. The molecule has 12 nitrogen and oxygen atoms in total. The number of piperidine rings is 1. The number of hydrogen-bond acceptors (Lipinski definition) is 8. The van der Waals surface area contributed by atoms with E-state index in [2.05, 4.69) is 20.8 Å². The maximum Gasteiger partial charge on any atom is 0.393 e. The van der Waals surface area contributed by atoms with Crippen LogP contribution in [0.2, 0.25) is 0 Å². The quantitative estimate of drug-likeness (QED) is 0.226. The van der Waals surface area contributed by atoms with Gasteiger partial charge in [-0.2, -0.15) is 23.4 Å². The normalized spacial score (nSPS) is 23.3. The van der Waals surface area contributed by atoms with E-state index in [0.29, 0.717) is 35.4 Å². The number of halogens is 3. The number of hydrogen-bond donors (Lipinski definition) is 2. The van der Waals surface area contributed by atoms with E-state index in [1.54, 1.807) is 29.2 Å². The summed E-state index contributed by atoms with van der Waals surface area (Å²) in [7, 11) is 2.37. The average Bonchev–Trinajstić information content (AvgIpc) is 3.96. The predicted octanol–water partition coefficient (Wildman–Crippen LogP) is 3.44. The van der Waals surface area contributed by atoms with Crippen LogP contribution in [0.3, 0.4) is 0 Å². The first-order valence-electron chi connectivity index (χ1n) is 15.6. The zero-order valence-electron chi connectivity index (χ0n) is 25.9. The first-order valence-corrected chi connectivity index (χ1v) is 15.6. The van der Waals surface area contributed by atoms with Gasteiger partial charge in [-0.15, -0.1) is 0 Å². The largest absolute Gasteiger partial charge is 0.468 e. The van der Waals surface area contributed by atoms with E-state index in [-0.39, 0.29) is 24.1 Å². The van der Waals surface area contributed by atoms with Gasteiger partial charge in [0.15, 0.2) is 11.1 Å². The molecule has 3 aliphatic rings. The first-order chi connectivity index (χ1) is 22.0. The fraction of sp³-hybridized carbons (Fsp3) is 0.613. The van der Waals surface area contributed by atoms with E-state index in [1.165, 1.54) is 17.7 Å². The van der Waals surface area contributed by atoms with Gasteiger partial charge < -0.3 is 20.1 Å². The molecule has 0 spiro atoms. The summed E-state index contributed by atoms with van der Waals surface area (Å²) in [6.07, 6.45) is 2.12. The zero-order chi connectivity index (χ0) is 32.8. The Balaban J connectivity index is 1.39. The van der Waals surface area contributed by atoms with Gasteiger partial charge in [-0.05, 0) is 75.0 Å². The molecule has 2 amide bonds. The highest BCUT2D eigenvalue weighted by molar-refractivity contribution is 6.04. The second-order valence-electron chi connectivity index (χ2n) is 12.6. The molecule has 1 saturated heterocycles. The number of alkyl halides is 3. The zero-order valence-corrected chi connectivity index (χ0v) is 25.9. The fourth-order valence-electron chi connectivity index (χ4n) is 7.11. The number of aromatic nitrogens is 5. The molecule has 3 fully saturated rings. The predicted molar refractivity (Wildman–Crippen MR) is 156 cm³/mol. The molecule has 0 aromatic carbocycles. The summed E-state index contributed by atoms with van der Waals surface area (Å²) < 4.78 is 55.2. The van der Waals surface area contributed by atoms with Crippen LogP contribution in [0.15, 0.2) is 30.6 Å². The summed E-state index contributed by atoms with van der Waals surface area (Å²) in [6, 6.07) is 4.44. The highest BCUT2D eigenvalue weighted by Gasteiger charge is 2.61. The van der Waals surface area contributed by atoms with Gasteiger partial charge in [0.05, 0.1) is 49.2 Å². The van der Waals surface area contributed by atoms with Crippen molar-refractivity contribution in [1.82, 2.24) is 35.0 Å². The molecule has 46 heavy (non-hydrogen) atoms. The van der Waals surface area contributed by atoms with Crippen molar-refractivity contribution in [3.05, 3.63) is 47.7 Å². The lowest BCUT2D eigenvalue weighted by molar-refractivity contribution is -0.198. The number of ether oxygens (including phenoxy) is 2. The minimum absolute atomic E-state index is 0.162. The van der Waals surface area contributed by atoms with E-state index in [9.17, 15) is 27.6 Å². The van der Waals surface area contributed by atoms with Gasteiger partial charge in [0.1, 0.15) is 5.69 Å². The lowest BCUT2D eigenvalue weighted by Gasteiger charge is -2.42. The summed E-state index contributed by atoms with van der Waals surface area (Å²) in [5, 5.41) is 14.4. The van der Waals surface area contributed by atoms with Gasteiger partial charge >= 0.3 is 12.1 Å². The lowest BCUT2D eigenvalue weighted by atomic mass is 9.65. The van der Waals surface area contributed by atoms with Gasteiger partial charge in [0.2, 0.25) is 5.91 Å². The monoisotopic (exact) mass is 645 g/mol. The summed E-state index contributed by atoms with van der Waals surface area (Å²) in [5.74, 6) is -4.31. The molecular weight excluding hydrogens is 607 g/mol. The van der Waals surface area contributed by atoms with Crippen molar-refractivity contribution in [1.29, 1.82) is 0 Å². The number of aryl methyl sites for hydroxylation is 1.